The van der Waals surface area contributed by atoms with E-state index in [9.17, 15) is 0 Å². The number of benzene rings is 1. The molecule has 0 atom stereocenters. The van der Waals surface area contributed by atoms with Crippen molar-refractivity contribution < 1.29 is 21.7 Å². The van der Waals surface area contributed by atoms with Crippen LogP contribution in [0.3, 0.4) is 0 Å². The zero-order valence-electron chi connectivity index (χ0n) is 15.9. The Morgan fingerprint density at radius 1 is 0.909 bits per heavy atom. The van der Waals surface area contributed by atoms with Crippen molar-refractivity contribution in [1.29, 1.82) is 0 Å². The molecule has 0 aromatic heterocycles. The van der Waals surface area contributed by atoms with Gasteiger partial charge in [-0.3, -0.25) is 0 Å². The fraction of sp³-hybridized carbons (Fsp3) is 0.316. The molecule has 2 aromatic carbocycles. The van der Waals surface area contributed by atoms with Crippen LogP contribution in [0.15, 0.2) is 30.3 Å². The van der Waals surface area contributed by atoms with Crippen molar-refractivity contribution in [3.05, 3.63) is 76.9 Å². The first-order valence-electron chi connectivity index (χ1n) is 5.65. The summed E-state index contributed by atoms with van der Waals surface area (Å²) in [4.78, 5) is 0. The van der Waals surface area contributed by atoms with Crippen LogP contribution in [-0.4, -0.2) is 16.5 Å². The number of hydrogen-bond acceptors (Lipinski definition) is 0. The first-order valence-corrected chi connectivity index (χ1v) is 5.65. The summed E-state index contributed by atoms with van der Waals surface area (Å²) >= 11 is 0. The van der Waals surface area contributed by atoms with Gasteiger partial charge in [0.2, 0.25) is 0 Å². The molecule has 3 heteroatoms. The van der Waals surface area contributed by atoms with E-state index in [0.29, 0.717) is 0 Å². The molecule has 0 spiro atoms. The molecule has 1 nitrogen and oxygen atoms in total. The minimum Gasteiger partial charge on any atom is -0.673 e. The van der Waals surface area contributed by atoms with E-state index < -0.39 is 0 Å². The second-order valence-electron chi connectivity index (χ2n) is 5.29. The quantitative estimate of drug-likeness (QED) is 0.386. The normalized spacial score (nSPS) is 8.09. The largest absolute Gasteiger partial charge is 0.673 e. The van der Waals surface area contributed by atoms with Gasteiger partial charge in [0.25, 0.3) is 0 Å². The summed E-state index contributed by atoms with van der Waals surface area (Å²) < 4.78 is 0. The zero-order chi connectivity index (χ0) is 12.3. The van der Waals surface area contributed by atoms with Crippen molar-refractivity contribution >= 4 is 21.7 Å². The molecule has 128 valence electrons. The third kappa shape index (κ3) is 13.4. The summed E-state index contributed by atoms with van der Waals surface area (Å²) in [6.45, 7) is 9.90. The average molecular weight is 351 g/mol. The van der Waals surface area contributed by atoms with Gasteiger partial charge in [-0.25, -0.2) is 0 Å². The van der Waals surface area contributed by atoms with E-state index in [4.69, 9.17) is 5.73 Å². The smallest absolute Gasteiger partial charge is 0 e. The van der Waals surface area contributed by atoms with Crippen LogP contribution < -0.4 is 0 Å². The third-order valence-electron chi connectivity index (χ3n) is 2.33. The number of nitrogens with one attached hydrogen (secondary N) is 1. The standard InChI is InChI=1S/C11H11.C4H10N.4CH3.Si.Ti/c1-8-7-10-5-3-4-6-11(10)9(8)2;1-4(2,3)5;;;;;;/h3-7H,1-2H3;5H,1-3H3;4*1H3;;/q6*-1;;. The SMILES string of the molecule is CC(C)(C)[NH-].Cc1[cH-]c2ccccc2c1C.[CH3-].[CH3-].[CH3-].[CH3-].[Si].[Ti]. The molecule has 4 radical (unpaired) electrons. The fourth-order valence-corrected chi connectivity index (χ4v) is 1.52. The molecule has 0 amide bonds. The topological polar surface area (TPSA) is 23.8 Å². The molecule has 2 aromatic rings. The molecule has 0 saturated carbocycles. The van der Waals surface area contributed by atoms with Crippen molar-refractivity contribution in [3.63, 3.8) is 0 Å². The minimum absolute atomic E-state index is 0. The predicted molar refractivity (Wildman–Crippen MR) is 104 cm³/mol. The van der Waals surface area contributed by atoms with Crippen molar-refractivity contribution in [1.82, 2.24) is 0 Å². The summed E-state index contributed by atoms with van der Waals surface area (Å²) in [5, 5.41) is 2.76. The van der Waals surface area contributed by atoms with E-state index in [1.54, 1.807) is 0 Å². The molecular formula is C19H33NSiTi-6. The van der Waals surface area contributed by atoms with Gasteiger partial charge >= 0.3 is 0 Å². The van der Waals surface area contributed by atoms with Crippen LogP contribution in [0.2, 0.25) is 0 Å². The summed E-state index contributed by atoms with van der Waals surface area (Å²) in [5.74, 6) is 0. The van der Waals surface area contributed by atoms with Gasteiger partial charge in [-0.1, -0.05) is 40.7 Å². The molecule has 0 aliphatic heterocycles. The van der Waals surface area contributed by atoms with Gasteiger partial charge in [0.1, 0.15) is 0 Å². The molecule has 22 heavy (non-hydrogen) atoms. The Kier molecular flexibility index (Phi) is 26.8. The predicted octanol–water partition coefficient (Wildman–Crippen LogP) is 6.43. The summed E-state index contributed by atoms with van der Waals surface area (Å²) in [5.41, 5.74) is 9.50. The van der Waals surface area contributed by atoms with E-state index in [-0.39, 0.29) is 67.9 Å². The van der Waals surface area contributed by atoms with Crippen LogP contribution in [-0.2, 0) is 21.7 Å². The Bertz CT molecular complexity index is 464. The van der Waals surface area contributed by atoms with Crippen molar-refractivity contribution in [2.75, 3.05) is 0 Å². The average Bonchev–Trinajstić information content (AvgIpc) is 2.41. The monoisotopic (exact) mass is 351 g/mol. The van der Waals surface area contributed by atoms with Crippen molar-refractivity contribution in [2.45, 2.75) is 40.2 Å². The minimum atomic E-state index is -0.250. The summed E-state index contributed by atoms with van der Waals surface area (Å²) in [6, 6.07) is 10.8. The summed E-state index contributed by atoms with van der Waals surface area (Å²) in [6.07, 6.45) is 0. The Labute approximate surface area is 160 Å². The maximum Gasteiger partial charge on any atom is 0 e. The van der Waals surface area contributed by atoms with E-state index in [1.165, 1.54) is 21.9 Å². The number of fused-ring (bicyclic) bond motifs is 1. The van der Waals surface area contributed by atoms with Crippen molar-refractivity contribution in [3.8, 4) is 0 Å². The molecule has 0 aliphatic carbocycles. The maximum atomic E-state index is 6.94. The number of rotatable bonds is 0. The van der Waals surface area contributed by atoms with Crippen LogP contribution in [0.1, 0.15) is 31.9 Å². The Morgan fingerprint density at radius 2 is 1.27 bits per heavy atom. The Morgan fingerprint density at radius 3 is 1.64 bits per heavy atom. The Hall–Kier alpha value is -0.279. The molecule has 0 unspecified atom stereocenters. The fourth-order valence-electron chi connectivity index (χ4n) is 1.52. The summed E-state index contributed by atoms with van der Waals surface area (Å²) in [7, 11) is 0. The van der Waals surface area contributed by atoms with Gasteiger partial charge in [0, 0.05) is 32.7 Å². The van der Waals surface area contributed by atoms with E-state index in [1.807, 2.05) is 20.8 Å². The third-order valence-corrected chi connectivity index (χ3v) is 2.33. The van der Waals surface area contributed by atoms with Gasteiger partial charge in [-0.05, 0) is 0 Å². The first kappa shape index (κ1) is 37.7. The van der Waals surface area contributed by atoms with E-state index >= 15 is 0 Å². The molecule has 1 N–H and O–H groups in total. The van der Waals surface area contributed by atoms with Crippen LogP contribution >= 0.6 is 0 Å². The molecular weight excluding hydrogens is 318 g/mol. The number of hydrogen-bond donors (Lipinski definition) is 0. The second kappa shape index (κ2) is 15.6. The van der Waals surface area contributed by atoms with Crippen LogP contribution in [0.25, 0.3) is 16.5 Å². The first-order chi connectivity index (χ1) is 7.29. The van der Waals surface area contributed by atoms with E-state index in [0.717, 1.165) is 0 Å². The van der Waals surface area contributed by atoms with Gasteiger partial charge in [-0.15, -0.1) is 46.1 Å². The second-order valence-corrected chi connectivity index (χ2v) is 5.29. The number of aryl methyl sites for hydroxylation is 2. The van der Waals surface area contributed by atoms with Crippen LogP contribution in [0, 0.1) is 43.6 Å². The Balaban J connectivity index is -0.0000000530. The molecule has 2 rings (SSSR count). The molecule has 0 heterocycles. The van der Waals surface area contributed by atoms with E-state index in [2.05, 4.69) is 44.2 Å². The molecule has 0 bridgehead atoms. The van der Waals surface area contributed by atoms with Gasteiger partial charge in [0.05, 0.1) is 0 Å². The van der Waals surface area contributed by atoms with Gasteiger partial charge < -0.3 is 35.4 Å². The van der Waals surface area contributed by atoms with Crippen LogP contribution in [0.4, 0.5) is 0 Å². The molecule has 0 saturated heterocycles. The van der Waals surface area contributed by atoms with Gasteiger partial charge in [-0.2, -0.15) is 5.56 Å². The molecule has 0 aliphatic rings. The molecule has 0 fully saturated rings. The maximum absolute atomic E-state index is 6.94. The van der Waals surface area contributed by atoms with Gasteiger partial charge in [0.15, 0.2) is 0 Å². The van der Waals surface area contributed by atoms with Crippen LogP contribution in [0.5, 0.6) is 0 Å². The zero-order valence-corrected chi connectivity index (χ0v) is 18.4. The van der Waals surface area contributed by atoms with Crippen molar-refractivity contribution in [2.24, 2.45) is 0 Å².